The quantitative estimate of drug-likeness (QED) is 0.237. The monoisotopic (exact) mass is 491 g/mol. The normalized spacial score (nSPS) is 17.1. The molecule has 1 aliphatic heterocycles. The number of thioether (sulfide) groups is 1. The highest BCUT2D eigenvalue weighted by Crippen LogP contribution is 2.32. The van der Waals surface area contributed by atoms with E-state index in [1.54, 1.807) is 29.5 Å². The van der Waals surface area contributed by atoms with Crippen LogP contribution in [0, 0.1) is 0 Å². The van der Waals surface area contributed by atoms with Gasteiger partial charge in [-0.05, 0) is 53.2 Å². The van der Waals surface area contributed by atoms with Crippen LogP contribution in [-0.4, -0.2) is 22.2 Å². The van der Waals surface area contributed by atoms with Crippen molar-refractivity contribution in [2.24, 2.45) is 10.2 Å². The minimum atomic E-state index is -0.129. The van der Waals surface area contributed by atoms with E-state index in [-0.39, 0.29) is 5.91 Å². The van der Waals surface area contributed by atoms with E-state index >= 15 is 0 Å². The van der Waals surface area contributed by atoms with Crippen LogP contribution in [0.2, 0.25) is 0 Å². The largest absolute Gasteiger partial charge is 0.467 e. The van der Waals surface area contributed by atoms with Crippen molar-refractivity contribution in [3.8, 4) is 0 Å². The molecule has 1 aliphatic rings. The number of furan rings is 1. The van der Waals surface area contributed by atoms with Crippen molar-refractivity contribution >= 4 is 51.1 Å². The number of rotatable bonds is 6. The van der Waals surface area contributed by atoms with Gasteiger partial charge in [0.25, 0.3) is 5.91 Å². The minimum absolute atomic E-state index is 0.129. The number of amidine groups is 1. The summed E-state index contributed by atoms with van der Waals surface area (Å²) < 4.78 is 6.38. The van der Waals surface area contributed by atoms with Crippen molar-refractivity contribution in [3.05, 3.63) is 111 Å². The van der Waals surface area contributed by atoms with Gasteiger partial charge >= 0.3 is 0 Å². The molecule has 7 heteroatoms. The summed E-state index contributed by atoms with van der Waals surface area (Å²) in [6.07, 6.45) is 8.87. The summed E-state index contributed by atoms with van der Waals surface area (Å²) in [4.78, 5) is 15.1. The Morgan fingerprint density at radius 1 is 1.03 bits per heavy atom. The molecule has 31 heavy (non-hydrogen) atoms. The van der Waals surface area contributed by atoms with Crippen molar-refractivity contribution in [2.75, 3.05) is 0 Å². The maximum atomic E-state index is 13.0. The lowest BCUT2D eigenvalue weighted by atomic mass is 10.2. The zero-order valence-corrected chi connectivity index (χ0v) is 18.8. The second-order valence-electron chi connectivity index (χ2n) is 6.56. The minimum Gasteiger partial charge on any atom is -0.467 e. The van der Waals surface area contributed by atoms with Crippen molar-refractivity contribution < 1.29 is 9.21 Å². The second kappa shape index (κ2) is 10.2. The van der Waals surface area contributed by atoms with Crippen LogP contribution in [0.1, 0.15) is 16.9 Å². The number of carbonyl (C=O) groups is 1. The van der Waals surface area contributed by atoms with E-state index in [9.17, 15) is 4.79 Å². The Morgan fingerprint density at radius 3 is 2.65 bits per heavy atom. The Morgan fingerprint density at radius 2 is 1.87 bits per heavy atom. The third-order valence-electron chi connectivity index (χ3n) is 4.32. The van der Waals surface area contributed by atoms with Gasteiger partial charge in [-0.15, -0.1) is 5.10 Å². The van der Waals surface area contributed by atoms with Gasteiger partial charge in [0.1, 0.15) is 5.76 Å². The fourth-order valence-electron chi connectivity index (χ4n) is 2.84. The molecular weight excluding hydrogens is 474 g/mol. The summed E-state index contributed by atoms with van der Waals surface area (Å²) in [5.41, 5.74) is 1.97. The Bertz CT molecular complexity index is 1170. The lowest BCUT2D eigenvalue weighted by Gasteiger charge is -2.12. The molecule has 0 saturated carbocycles. The molecule has 3 aromatic rings. The first-order chi connectivity index (χ1) is 15.2. The third-order valence-corrected chi connectivity index (χ3v) is 5.83. The zero-order valence-electron chi connectivity index (χ0n) is 16.4. The van der Waals surface area contributed by atoms with Crippen LogP contribution in [0.5, 0.6) is 0 Å². The first kappa shape index (κ1) is 21.1. The number of hydrogen-bond donors (Lipinski definition) is 0. The standard InChI is InChI=1S/C24H18BrN3O2S/c25-20-11-4-10-19(15-20)16-26-27-24-28(17-21-12-6-14-30-21)23(29)22(31-24)13-5-9-18-7-2-1-3-8-18/h1-16H,17H2/b9-5+,22-13-,26-16+,27-24-. The van der Waals surface area contributed by atoms with E-state index in [0.29, 0.717) is 22.4 Å². The first-order valence-corrected chi connectivity index (χ1v) is 11.1. The van der Waals surface area contributed by atoms with Crippen molar-refractivity contribution in [2.45, 2.75) is 6.54 Å². The molecular formula is C24H18BrN3O2S. The molecule has 0 spiro atoms. The molecule has 1 fully saturated rings. The van der Waals surface area contributed by atoms with Crippen LogP contribution in [0.4, 0.5) is 0 Å². The number of amides is 1. The van der Waals surface area contributed by atoms with Gasteiger partial charge < -0.3 is 4.42 Å². The molecule has 5 nitrogen and oxygen atoms in total. The average Bonchev–Trinajstić information content (AvgIpc) is 3.39. The molecule has 0 atom stereocenters. The van der Waals surface area contributed by atoms with E-state index in [4.69, 9.17) is 4.42 Å². The van der Waals surface area contributed by atoms with Crippen LogP contribution < -0.4 is 0 Å². The SMILES string of the molecule is O=C1/C(=C/C=C/c2ccccc2)S/C(=N\N=C\c2cccc(Br)c2)N1Cc1ccco1. The fraction of sp³-hybridized carbons (Fsp3) is 0.0417. The van der Waals surface area contributed by atoms with Crippen molar-refractivity contribution in [1.82, 2.24) is 4.90 Å². The summed E-state index contributed by atoms with van der Waals surface area (Å²) in [6.45, 7) is 0.295. The molecule has 0 bridgehead atoms. The Balaban J connectivity index is 1.56. The Hall–Kier alpha value is -3.16. The Kier molecular flexibility index (Phi) is 6.96. The van der Waals surface area contributed by atoms with Crippen molar-refractivity contribution in [3.63, 3.8) is 0 Å². The predicted molar refractivity (Wildman–Crippen MR) is 130 cm³/mol. The van der Waals surface area contributed by atoms with Gasteiger partial charge in [0.15, 0.2) is 5.17 Å². The molecule has 154 valence electrons. The molecule has 0 aliphatic carbocycles. The second-order valence-corrected chi connectivity index (χ2v) is 8.48. The highest BCUT2D eigenvalue weighted by molar-refractivity contribution is 9.10. The zero-order chi connectivity index (χ0) is 21.5. The summed E-state index contributed by atoms with van der Waals surface area (Å²) in [5, 5.41) is 9.01. The lowest BCUT2D eigenvalue weighted by molar-refractivity contribution is -0.122. The first-order valence-electron chi connectivity index (χ1n) is 9.51. The van der Waals surface area contributed by atoms with Gasteiger partial charge in [-0.25, -0.2) is 0 Å². The fourth-order valence-corrected chi connectivity index (χ4v) is 4.14. The van der Waals surface area contributed by atoms with Gasteiger partial charge in [0.2, 0.25) is 0 Å². The summed E-state index contributed by atoms with van der Waals surface area (Å²) in [5.74, 6) is 0.550. The molecule has 1 saturated heterocycles. The molecule has 1 aromatic heterocycles. The highest BCUT2D eigenvalue weighted by Gasteiger charge is 2.33. The molecule has 0 unspecified atom stereocenters. The highest BCUT2D eigenvalue weighted by atomic mass is 79.9. The number of nitrogens with zero attached hydrogens (tertiary/aromatic N) is 3. The molecule has 0 N–H and O–H groups in total. The van der Waals surface area contributed by atoms with E-state index in [1.807, 2.05) is 72.8 Å². The van der Waals surface area contributed by atoms with Gasteiger partial charge in [0, 0.05) is 4.47 Å². The maximum Gasteiger partial charge on any atom is 0.267 e. The topological polar surface area (TPSA) is 58.2 Å². The lowest BCUT2D eigenvalue weighted by Crippen LogP contribution is -2.28. The molecule has 4 rings (SSSR count). The van der Waals surface area contributed by atoms with Crippen LogP contribution >= 0.6 is 27.7 Å². The maximum absolute atomic E-state index is 13.0. The van der Waals surface area contributed by atoms with E-state index in [1.165, 1.54) is 11.8 Å². The van der Waals surface area contributed by atoms with Crippen LogP contribution in [0.3, 0.4) is 0 Å². The number of hydrogen-bond acceptors (Lipinski definition) is 5. The summed E-state index contributed by atoms with van der Waals surface area (Å²) in [7, 11) is 0. The summed E-state index contributed by atoms with van der Waals surface area (Å²) >= 11 is 4.73. The number of allylic oxidation sites excluding steroid dienone is 2. The van der Waals surface area contributed by atoms with E-state index < -0.39 is 0 Å². The third kappa shape index (κ3) is 5.71. The smallest absolute Gasteiger partial charge is 0.267 e. The van der Waals surface area contributed by atoms with Gasteiger partial charge in [-0.3, -0.25) is 9.69 Å². The van der Waals surface area contributed by atoms with Crippen LogP contribution in [-0.2, 0) is 11.3 Å². The van der Waals surface area contributed by atoms with Gasteiger partial charge in [-0.2, -0.15) is 5.10 Å². The van der Waals surface area contributed by atoms with Crippen LogP contribution in [0.15, 0.2) is 109 Å². The molecule has 0 radical (unpaired) electrons. The van der Waals surface area contributed by atoms with Gasteiger partial charge in [-0.1, -0.05) is 70.5 Å². The van der Waals surface area contributed by atoms with Crippen LogP contribution in [0.25, 0.3) is 6.08 Å². The van der Waals surface area contributed by atoms with E-state index in [0.717, 1.165) is 15.6 Å². The van der Waals surface area contributed by atoms with Crippen molar-refractivity contribution in [1.29, 1.82) is 0 Å². The number of carbonyl (C=O) groups excluding carboxylic acids is 1. The molecule has 1 amide bonds. The predicted octanol–water partition coefficient (Wildman–Crippen LogP) is 6.10. The molecule has 2 heterocycles. The Labute approximate surface area is 193 Å². The molecule has 2 aromatic carbocycles. The summed E-state index contributed by atoms with van der Waals surface area (Å²) in [6, 6.07) is 21.3. The number of halogens is 1. The van der Waals surface area contributed by atoms with E-state index in [2.05, 4.69) is 26.1 Å². The number of benzene rings is 2. The average molecular weight is 492 g/mol. The van der Waals surface area contributed by atoms with Gasteiger partial charge in [0.05, 0.1) is 23.9 Å².